The minimum Gasteiger partial charge on any atom is -0.465 e. The number of rotatable bonds is 28. The number of ether oxygens (including phenoxy) is 7. The SMILES string of the molecule is CCCC(=O)OCC(COCC(COC(=O)CCC)(COC(=O)CCC)COC(=O)CCC)(COC(=O)CCC)COC(=O)CCC. The Kier molecular flexibility index (Phi) is 24.0. The highest BCUT2D eigenvalue weighted by Crippen LogP contribution is 2.27. The van der Waals surface area contributed by atoms with Gasteiger partial charge in [-0.1, -0.05) is 41.5 Å². The minimum atomic E-state index is -1.31. The van der Waals surface area contributed by atoms with Crippen molar-refractivity contribution in [3.63, 3.8) is 0 Å². The summed E-state index contributed by atoms with van der Waals surface area (Å²) in [5.41, 5.74) is -2.61. The van der Waals surface area contributed by atoms with Crippen molar-refractivity contribution in [1.29, 1.82) is 0 Å². The van der Waals surface area contributed by atoms with E-state index in [2.05, 4.69) is 0 Å². The van der Waals surface area contributed by atoms with Gasteiger partial charge in [-0.15, -0.1) is 0 Å². The van der Waals surface area contributed by atoms with Crippen molar-refractivity contribution in [2.45, 2.75) is 119 Å². The highest BCUT2D eigenvalue weighted by Gasteiger charge is 2.40. The van der Waals surface area contributed by atoms with Crippen molar-refractivity contribution < 1.29 is 61.9 Å². The second-order valence-electron chi connectivity index (χ2n) is 12.0. The quantitative estimate of drug-likeness (QED) is 0.0801. The third-order valence-corrected chi connectivity index (χ3v) is 6.78. The molecule has 13 nitrogen and oxygen atoms in total. The summed E-state index contributed by atoms with van der Waals surface area (Å²) in [5.74, 6) is -2.92. The van der Waals surface area contributed by atoms with Crippen LogP contribution in [-0.4, -0.2) is 88.7 Å². The van der Waals surface area contributed by atoms with Crippen LogP contribution in [0.4, 0.5) is 0 Å². The van der Waals surface area contributed by atoms with Gasteiger partial charge in [-0.3, -0.25) is 28.8 Å². The Bertz CT molecular complexity index is 762. The largest absolute Gasteiger partial charge is 0.465 e. The van der Waals surface area contributed by atoms with Gasteiger partial charge in [-0.2, -0.15) is 0 Å². The summed E-state index contributed by atoms with van der Waals surface area (Å²) < 4.78 is 39.3. The van der Waals surface area contributed by atoms with Crippen molar-refractivity contribution in [2.24, 2.45) is 10.8 Å². The number of carbonyl (C=O) groups is 6. The summed E-state index contributed by atoms with van der Waals surface area (Å²) in [6.45, 7) is 8.70. The van der Waals surface area contributed by atoms with Crippen molar-refractivity contribution in [3.05, 3.63) is 0 Å². The van der Waals surface area contributed by atoms with Crippen LogP contribution in [-0.2, 0) is 61.9 Å². The van der Waals surface area contributed by atoms with E-state index in [1.54, 1.807) is 0 Å². The standard InChI is InChI=1S/C34H58O13/c1-7-13-27(35)42-21-33(22-43-28(36)14-8-2,23-44-29(37)15-9-3)19-41-20-34(24-45-30(38)16-10-4,25-46-31(39)17-11-5)26-47-32(40)18-12-6/h7-26H2,1-6H3. The molecule has 0 spiro atoms. The molecule has 0 bridgehead atoms. The Morgan fingerprint density at radius 2 is 0.489 bits per heavy atom. The van der Waals surface area contributed by atoms with Crippen LogP contribution in [0, 0.1) is 10.8 Å². The lowest BCUT2D eigenvalue weighted by Crippen LogP contribution is -2.47. The molecule has 13 heteroatoms. The van der Waals surface area contributed by atoms with Crippen LogP contribution in [0.15, 0.2) is 0 Å². The average Bonchev–Trinajstić information content (AvgIpc) is 3.03. The molecule has 0 radical (unpaired) electrons. The Hall–Kier alpha value is -3.22. The topological polar surface area (TPSA) is 167 Å². The average molecular weight is 675 g/mol. The highest BCUT2D eigenvalue weighted by molar-refractivity contribution is 5.71. The maximum atomic E-state index is 12.4. The third-order valence-electron chi connectivity index (χ3n) is 6.78. The fourth-order valence-corrected chi connectivity index (χ4v) is 4.04. The van der Waals surface area contributed by atoms with Crippen molar-refractivity contribution >= 4 is 35.8 Å². The third kappa shape index (κ3) is 20.6. The second kappa shape index (κ2) is 25.8. The molecule has 0 aliphatic heterocycles. The number of esters is 6. The summed E-state index contributed by atoms with van der Waals surface area (Å²) in [5, 5.41) is 0. The lowest BCUT2D eigenvalue weighted by Gasteiger charge is -2.35. The fourth-order valence-electron chi connectivity index (χ4n) is 4.04. The fraction of sp³-hybridized carbons (Fsp3) is 0.824. The summed E-state index contributed by atoms with van der Waals surface area (Å²) in [6.07, 6.45) is 4.21. The van der Waals surface area contributed by atoms with E-state index in [0.717, 1.165) is 0 Å². The van der Waals surface area contributed by atoms with E-state index in [9.17, 15) is 28.8 Å². The van der Waals surface area contributed by atoms with Gasteiger partial charge >= 0.3 is 35.8 Å². The van der Waals surface area contributed by atoms with E-state index < -0.39 is 46.6 Å². The first-order valence-electron chi connectivity index (χ1n) is 17.0. The summed E-state index contributed by atoms with van der Waals surface area (Å²) in [7, 11) is 0. The molecular weight excluding hydrogens is 616 g/mol. The smallest absolute Gasteiger partial charge is 0.305 e. The Morgan fingerprint density at radius 1 is 0.319 bits per heavy atom. The lowest BCUT2D eigenvalue weighted by atomic mass is 9.90. The first-order chi connectivity index (χ1) is 22.4. The summed E-state index contributed by atoms with van der Waals surface area (Å²) in [6, 6.07) is 0. The molecule has 272 valence electrons. The second-order valence-corrected chi connectivity index (χ2v) is 12.0. The van der Waals surface area contributed by atoms with E-state index in [0.29, 0.717) is 38.5 Å². The Balaban J connectivity index is 6.45. The predicted molar refractivity (Wildman–Crippen MR) is 171 cm³/mol. The van der Waals surface area contributed by atoms with Gasteiger partial charge in [0.05, 0.1) is 24.0 Å². The number of hydrogen-bond acceptors (Lipinski definition) is 13. The van der Waals surface area contributed by atoms with Crippen LogP contribution >= 0.6 is 0 Å². The minimum absolute atomic E-state index is 0.153. The van der Waals surface area contributed by atoms with Crippen LogP contribution in [0.2, 0.25) is 0 Å². The molecule has 0 rings (SSSR count). The molecule has 0 saturated heterocycles. The lowest BCUT2D eigenvalue weighted by molar-refractivity contribution is -0.175. The monoisotopic (exact) mass is 674 g/mol. The number of carbonyl (C=O) groups excluding carboxylic acids is 6. The van der Waals surface area contributed by atoms with Crippen LogP contribution in [0.5, 0.6) is 0 Å². The molecule has 0 aromatic carbocycles. The van der Waals surface area contributed by atoms with Gasteiger partial charge < -0.3 is 33.2 Å². The molecule has 0 fully saturated rings. The molecule has 0 aromatic heterocycles. The van der Waals surface area contributed by atoms with E-state index in [1.165, 1.54) is 0 Å². The summed E-state index contributed by atoms with van der Waals surface area (Å²) in [4.78, 5) is 74.3. The zero-order valence-corrected chi connectivity index (χ0v) is 29.4. The van der Waals surface area contributed by atoms with Crippen LogP contribution in [0.3, 0.4) is 0 Å². The molecule has 0 amide bonds. The van der Waals surface area contributed by atoms with Gasteiger partial charge in [0, 0.05) is 38.5 Å². The summed E-state index contributed by atoms with van der Waals surface area (Å²) >= 11 is 0. The predicted octanol–water partition coefficient (Wildman–Crippen LogP) is 5.04. The number of hydrogen-bond donors (Lipinski definition) is 0. The zero-order chi connectivity index (χ0) is 35.6. The van der Waals surface area contributed by atoms with Gasteiger partial charge in [-0.25, -0.2) is 0 Å². The molecular formula is C34H58O13. The maximum absolute atomic E-state index is 12.4. The van der Waals surface area contributed by atoms with Crippen molar-refractivity contribution in [3.8, 4) is 0 Å². The molecule has 0 aliphatic carbocycles. The van der Waals surface area contributed by atoms with Gasteiger partial charge in [0.2, 0.25) is 0 Å². The van der Waals surface area contributed by atoms with E-state index >= 15 is 0 Å². The Morgan fingerprint density at radius 3 is 0.638 bits per heavy atom. The van der Waals surface area contributed by atoms with E-state index in [1.807, 2.05) is 41.5 Å². The highest BCUT2D eigenvalue weighted by atomic mass is 16.6. The van der Waals surface area contributed by atoms with Gasteiger partial charge in [0.25, 0.3) is 0 Å². The molecule has 0 heterocycles. The molecule has 0 N–H and O–H groups in total. The van der Waals surface area contributed by atoms with Crippen LogP contribution in [0.1, 0.15) is 119 Å². The molecule has 0 saturated carbocycles. The van der Waals surface area contributed by atoms with Crippen LogP contribution < -0.4 is 0 Å². The van der Waals surface area contributed by atoms with E-state index in [-0.39, 0.29) is 91.4 Å². The molecule has 0 aromatic rings. The van der Waals surface area contributed by atoms with Gasteiger partial charge in [0.15, 0.2) is 0 Å². The normalized spacial score (nSPS) is 11.4. The molecule has 47 heavy (non-hydrogen) atoms. The van der Waals surface area contributed by atoms with Gasteiger partial charge in [0.1, 0.15) is 39.6 Å². The molecule has 0 unspecified atom stereocenters. The van der Waals surface area contributed by atoms with Crippen LogP contribution in [0.25, 0.3) is 0 Å². The van der Waals surface area contributed by atoms with E-state index in [4.69, 9.17) is 33.2 Å². The molecule has 0 aliphatic rings. The first-order valence-corrected chi connectivity index (χ1v) is 17.0. The maximum Gasteiger partial charge on any atom is 0.305 e. The van der Waals surface area contributed by atoms with Crippen molar-refractivity contribution in [1.82, 2.24) is 0 Å². The van der Waals surface area contributed by atoms with Gasteiger partial charge in [-0.05, 0) is 38.5 Å². The first kappa shape index (κ1) is 43.8. The Labute approximate surface area is 280 Å². The zero-order valence-electron chi connectivity index (χ0n) is 29.4. The van der Waals surface area contributed by atoms with Crippen molar-refractivity contribution in [2.75, 3.05) is 52.9 Å². The molecule has 0 atom stereocenters.